The van der Waals surface area contributed by atoms with E-state index in [-0.39, 0.29) is 5.97 Å². The monoisotopic (exact) mass is 297 g/mol. The lowest BCUT2D eigenvalue weighted by Crippen LogP contribution is -2.56. The summed E-state index contributed by atoms with van der Waals surface area (Å²) in [6.45, 7) is 11.0. The van der Waals surface area contributed by atoms with Crippen molar-refractivity contribution in [3.8, 4) is 0 Å². The smallest absolute Gasteiger partial charge is 0.326 e. The van der Waals surface area contributed by atoms with Gasteiger partial charge in [0, 0.05) is 38.3 Å². The first-order valence-electron chi connectivity index (χ1n) is 8.34. The molecule has 0 aromatic carbocycles. The standard InChI is InChI=1S/C16H31N3O2/c1-5-21-15(20)16(3,17-4)12-13(2)18-8-10-19(11-9-18)14-6-7-14/h13-14,17H,5-12H2,1-4H3. The third-order valence-electron chi connectivity index (χ3n) is 5.02. The fourth-order valence-corrected chi connectivity index (χ4v) is 3.28. The number of hydrogen-bond acceptors (Lipinski definition) is 5. The number of carbonyl (C=O) groups is 1. The topological polar surface area (TPSA) is 44.8 Å². The second-order valence-electron chi connectivity index (χ2n) is 6.66. The number of piperazine rings is 1. The zero-order chi connectivity index (χ0) is 15.5. The molecule has 5 heteroatoms. The highest BCUT2D eigenvalue weighted by atomic mass is 16.5. The Balaban J connectivity index is 1.84. The lowest BCUT2D eigenvalue weighted by Gasteiger charge is -2.40. The van der Waals surface area contributed by atoms with E-state index in [4.69, 9.17) is 4.74 Å². The average Bonchev–Trinajstić information content (AvgIpc) is 3.32. The minimum atomic E-state index is -0.594. The van der Waals surface area contributed by atoms with Gasteiger partial charge in [-0.2, -0.15) is 0 Å². The van der Waals surface area contributed by atoms with E-state index < -0.39 is 5.54 Å². The fourth-order valence-electron chi connectivity index (χ4n) is 3.28. The first kappa shape index (κ1) is 16.7. The summed E-state index contributed by atoms with van der Waals surface area (Å²) < 4.78 is 5.21. The van der Waals surface area contributed by atoms with Crippen molar-refractivity contribution in [2.24, 2.45) is 0 Å². The number of ether oxygens (including phenoxy) is 1. The van der Waals surface area contributed by atoms with E-state index in [1.54, 1.807) is 0 Å². The Labute approximate surface area is 129 Å². The van der Waals surface area contributed by atoms with Crippen LogP contribution in [-0.4, -0.2) is 73.2 Å². The van der Waals surface area contributed by atoms with Gasteiger partial charge in [0.25, 0.3) is 0 Å². The molecule has 0 bridgehead atoms. The maximum Gasteiger partial charge on any atom is 0.326 e. The van der Waals surface area contributed by atoms with Gasteiger partial charge in [0.05, 0.1) is 6.61 Å². The van der Waals surface area contributed by atoms with Crippen LogP contribution in [0.1, 0.15) is 40.0 Å². The van der Waals surface area contributed by atoms with Crippen LogP contribution in [0.25, 0.3) is 0 Å². The molecule has 2 unspecified atom stereocenters. The molecule has 2 aliphatic rings. The Bertz CT molecular complexity index is 351. The van der Waals surface area contributed by atoms with Crippen LogP contribution in [0.2, 0.25) is 0 Å². The van der Waals surface area contributed by atoms with Crippen LogP contribution in [0.3, 0.4) is 0 Å². The summed E-state index contributed by atoms with van der Waals surface area (Å²) in [5.41, 5.74) is -0.594. The molecule has 1 heterocycles. The molecule has 5 nitrogen and oxygen atoms in total. The summed E-state index contributed by atoms with van der Waals surface area (Å²) in [7, 11) is 1.84. The summed E-state index contributed by atoms with van der Waals surface area (Å²) in [5, 5.41) is 3.16. The van der Waals surface area contributed by atoms with E-state index in [0.29, 0.717) is 12.6 Å². The third-order valence-corrected chi connectivity index (χ3v) is 5.02. The maximum absolute atomic E-state index is 12.2. The molecule has 2 fully saturated rings. The van der Waals surface area contributed by atoms with Crippen molar-refractivity contribution >= 4 is 5.97 Å². The van der Waals surface area contributed by atoms with Crippen LogP contribution < -0.4 is 5.32 Å². The van der Waals surface area contributed by atoms with Crippen LogP contribution in [0.5, 0.6) is 0 Å². The summed E-state index contributed by atoms with van der Waals surface area (Å²) in [6.07, 6.45) is 3.55. The highest BCUT2D eigenvalue weighted by Gasteiger charge is 2.37. The van der Waals surface area contributed by atoms with Gasteiger partial charge in [-0.15, -0.1) is 0 Å². The normalized spacial score (nSPS) is 25.3. The average molecular weight is 297 g/mol. The lowest BCUT2D eigenvalue weighted by atomic mass is 9.92. The van der Waals surface area contributed by atoms with E-state index in [1.165, 1.54) is 25.9 Å². The van der Waals surface area contributed by atoms with Crippen LogP contribution >= 0.6 is 0 Å². The molecular weight excluding hydrogens is 266 g/mol. The SMILES string of the molecule is CCOC(=O)C(C)(CC(C)N1CCN(C2CC2)CC1)NC. The molecule has 21 heavy (non-hydrogen) atoms. The molecule has 1 saturated carbocycles. The van der Waals surface area contributed by atoms with Gasteiger partial charge >= 0.3 is 5.97 Å². The van der Waals surface area contributed by atoms with E-state index in [2.05, 4.69) is 22.0 Å². The van der Waals surface area contributed by atoms with Gasteiger partial charge < -0.3 is 10.1 Å². The van der Waals surface area contributed by atoms with Crippen molar-refractivity contribution in [3.05, 3.63) is 0 Å². The van der Waals surface area contributed by atoms with Crippen molar-refractivity contribution in [1.82, 2.24) is 15.1 Å². The highest BCUT2D eigenvalue weighted by molar-refractivity contribution is 5.80. The lowest BCUT2D eigenvalue weighted by molar-refractivity contribution is -0.151. The van der Waals surface area contributed by atoms with Crippen LogP contribution in [0.4, 0.5) is 0 Å². The quantitative estimate of drug-likeness (QED) is 0.713. The Morgan fingerprint density at radius 1 is 1.33 bits per heavy atom. The number of rotatable bonds is 7. The molecule has 0 radical (unpaired) electrons. The highest BCUT2D eigenvalue weighted by Crippen LogP contribution is 2.28. The fraction of sp³-hybridized carbons (Fsp3) is 0.938. The minimum Gasteiger partial charge on any atom is -0.465 e. The number of nitrogens with zero attached hydrogens (tertiary/aromatic N) is 2. The zero-order valence-corrected chi connectivity index (χ0v) is 14.0. The van der Waals surface area contributed by atoms with Crippen molar-refractivity contribution in [1.29, 1.82) is 0 Å². The van der Waals surface area contributed by atoms with Crippen molar-refractivity contribution in [2.75, 3.05) is 39.8 Å². The van der Waals surface area contributed by atoms with Crippen molar-refractivity contribution in [3.63, 3.8) is 0 Å². The molecule has 1 aliphatic heterocycles. The summed E-state index contributed by atoms with van der Waals surface area (Å²) in [6, 6.07) is 1.25. The minimum absolute atomic E-state index is 0.143. The molecule has 2 rings (SSSR count). The molecule has 0 amide bonds. The van der Waals surface area contributed by atoms with Crippen LogP contribution in [0, 0.1) is 0 Å². The van der Waals surface area contributed by atoms with Gasteiger partial charge in [0.15, 0.2) is 0 Å². The number of hydrogen-bond donors (Lipinski definition) is 1. The van der Waals surface area contributed by atoms with Crippen molar-refractivity contribution in [2.45, 2.75) is 57.7 Å². The second kappa shape index (κ2) is 7.07. The summed E-state index contributed by atoms with van der Waals surface area (Å²) in [4.78, 5) is 17.3. The van der Waals surface area contributed by atoms with Gasteiger partial charge in [-0.05, 0) is 47.1 Å². The predicted molar refractivity (Wildman–Crippen MR) is 84.3 cm³/mol. The van der Waals surface area contributed by atoms with Gasteiger partial charge in [0.2, 0.25) is 0 Å². The molecule has 1 aliphatic carbocycles. The number of esters is 1. The predicted octanol–water partition coefficient (Wildman–Crippen LogP) is 1.09. The Hall–Kier alpha value is -0.650. The molecule has 0 spiro atoms. The Kier molecular flexibility index (Phi) is 5.63. The van der Waals surface area contributed by atoms with E-state index in [9.17, 15) is 4.79 Å². The molecule has 0 aromatic heterocycles. The number of carbonyl (C=O) groups excluding carboxylic acids is 1. The summed E-state index contributed by atoms with van der Waals surface area (Å²) in [5.74, 6) is -0.143. The van der Waals surface area contributed by atoms with E-state index >= 15 is 0 Å². The maximum atomic E-state index is 12.2. The summed E-state index contributed by atoms with van der Waals surface area (Å²) >= 11 is 0. The van der Waals surface area contributed by atoms with Crippen LogP contribution in [-0.2, 0) is 9.53 Å². The second-order valence-corrected chi connectivity index (χ2v) is 6.66. The number of nitrogens with one attached hydrogen (secondary N) is 1. The first-order chi connectivity index (χ1) is 10.00. The molecule has 2 atom stereocenters. The molecule has 0 aromatic rings. The Morgan fingerprint density at radius 2 is 1.95 bits per heavy atom. The van der Waals surface area contributed by atoms with E-state index in [0.717, 1.165) is 25.6 Å². The van der Waals surface area contributed by atoms with Gasteiger partial charge in [-0.3, -0.25) is 14.6 Å². The van der Waals surface area contributed by atoms with Gasteiger partial charge in [0.1, 0.15) is 5.54 Å². The third kappa shape index (κ3) is 4.18. The first-order valence-corrected chi connectivity index (χ1v) is 8.34. The molecule has 1 saturated heterocycles. The zero-order valence-electron chi connectivity index (χ0n) is 14.0. The van der Waals surface area contributed by atoms with Gasteiger partial charge in [-0.1, -0.05) is 0 Å². The van der Waals surface area contributed by atoms with Crippen molar-refractivity contribution < 1.29 is 9.53 Å². The largest absolute Gasteiger partial charge is 0.465 e. The molecular formula is C16H31N3O2. The van der Waals surface area contributed by atoms with E-state index in [1.807, 2.05) is 20.9 Å². The molecule has 1 N–H and O–H groups in total. The Morgan fingerprint density at radius 3 is 2.43 bits per heavy atom. The molecule has 122 valence electrons. The van der Waals surface area contributed by atoms with Crippen LogP contribution in [0.15, 0.2) is 0 Å². The number of likely N-dealkylation sites (N-methyl/N-ethyl adjacent to an activating group) is 1. The van der Waals surface area contributed by atoms with Gasteiger partial charge in [-0.25, -0.2) is 0 Å².